The second-order valence-corrected chi connectivity index (χ2v) is 4.50. The molecule has 2 aromatic rings. The molecule has 1 aromatic heterocycles. The number of benzene rings is 1. The van der Waals surface area contributed by atoms with Gasteiger partial charge in [0.2, 0.25) is 0 Å². The Labute approximate surface area is 98.6 Å². The van der Waals surface area contributed by atoms with Gasteiger partial charge in [0.05, 0.1) is 11.1 Å². The summed E-state index contributed by atoms with van der Waals surface area (Å²) >= 11 is 0. The smallest absolute Gasteiger partial charge is 0.337 e. The van der Waals surface area contributed by atoms with Crippen LogP contribution in [0.4, 0.5) is 0 Å². The molecule has 1 saturated carbocycles. The van der Waals surface area contributed by atoms with Crippen molar-refractivity contribution in [1.29, 1.82) is 0 Å². The maximum atomic E-state index is 11.1. The van der Waals surface area contributed by atoms with Crippen LogP contribution in [0.1, 0.15) is 28.8 Å². The van der Waals surface area contributed by atoms with Crippen molar-refractivity contribution in [2.45, 2.75) is 25.4 Å². The van der Waals surface area contributed by atoms with Gasteiger partial charge < -0.3 is 15.4 Å². The summed E-state index contributed by atoms with van der Waals surface area (Å²) in [6.45, 7) is 0.799. The predicted molar refractivity (Wildman–Crippen MR) is 65.1 cm³/mol. The number of carboxylic acid groups (broad SMARTS) is 1. The zero-order chi connectivity index (χ0) is 11.8. The van der Waals surface area contributed by atoms with Crippen LogP contribution in [0.15, 0.2) is 24.4 Å². The van der Waals surface area contributed by atoms with E-state index in [2.05, 4.69) is 10.3 Å². The van der Waals surface area contributed by atoms with Crippen molar-refractivity contribution in [3.8, 4) is 0 Å². The molecule has 17 heavy (non-hydrogen) atoms. The molecule has 0 radical (unpaired) electrons. The van der Waals surface area contributed by atoms with E-state index >= 15 is 0 Å². The van der Waals surface area contributed by atoms with Gasteiger partial charge in [-0.1, -0.05) is 12.1 Å². The van der Waals surface area contributed by atoms with Crippen molar-refractivity contribution >= 4 is 16.9 Å². The van der Waals surface area contributed by atoms with Gasteiger partial charge in [-0.25, -0.2) is 4.79 Å². The highest BCUT2D eigenvalue weighted by Gasteiger charge is 2.20. The molecule has 4 heteroatoms. The van der Waals surface area contributed by atoms with Crippen LogP contribution in [0.25, 0.3) is 10.9 Å². The molecule has 0 spiro atoms. The van der Waals surface area contributed by atoms with Crippen LogP contribution >= 0.6 is 0 Å². The third kappa shape index (κ3) is 1.91. The van der Waals surface area contributed by atoms with E-state index in [-0.39, 0.29) is 0 Å². The summed E-state index contributed by atoms with van der Waals surface area (Å²) in [5.74, 6) is -0.890. The molecule has 0 bridgehead atoms. The number of hydrogen-bond acceptors (Lipinski definition) is 2. The monoisotopic (exact) mass is 230 g/mol. The zero-order valence-electron chi connectivity index (χ0n) is 9.36. The SMILES string of the molecule is O=C(O)c1cccc2c(CNC3CC3)c[nH]c12. The van der Waals surface area contributed by atoms with E-state index in [0.717, 1.165) is 17.5 Å². The molecule has 1 aliphatic carbocycles. The Morgan fingerprint density at radius 3 is 3.00 bits per heavy atom. The maximum absolute atomic E-state index is 11.1. The number of nitrogens with one attached hydrogen (secondary N) is 2. The first kappa shape index (κ1) is 10.4. The Morgan fingerprint density at radius 2 is 2.29 bits per heavy atom. The van der Waals surface area contributed by atoms with Gasteiger partial charge in [0.1, 0.15) is 0 Å². The van der Waals surface area contributed by atoms with Gasteiger partial charge in [-0.2, -0.15) is 0 Å². The third-order valence-corrected chi connectivity index (χ3v) is 3.19. The van der Waals surface area contributed by atoms with E-state index in [1.807, 2.05) is 12.3 Å². The van der Waals surface area contributed by atoms with Crippen LogP contribution in [0.2, 0.25) is 0 Å². The van der Waals surface area contributed by atoms with Crippen molar-refractivity contribution in [3.63, 3.8) is 0 Å². The maximum Gasteiger partial charge on any atom is 0.337 e. The normalized spacial score (nSPS) is 15.3. The minimum absolute atomic E-state index is 0.333. The van der Waals surface area contributed by atoms with Gasteiger partial charge in [0.25, 0.3) is 0 Å². The lowest BCUT2D eigenvalue weighted by Gasteiger charge is -2.01. The highest BCUT2D eigenvalue weighted by molar-refractivity contribution is 6.02. The van der Waals surface area contributed by atoms with Crippen molar-refractivity contribution in [2.75, 3.05) is 0 Å². The number of aromatic carboxylic acids is 1. The van der Waals surface area contributed by atoms with Gasteiger partial charge >= 0.3 is 5.97 Å². The molecular formula is C13H14N2O2. The molecule has 1 heterocycles. The van der Waals surface area contributed by atoms with Crippen LogP contribution in [-0.4, -0.2) is 22.1 Å². The lowest BCUT2D eigenvalue weighted by atomic mass is 10.1. The first-order valence-corrected chi connectivity index (χ1v) is 5.81. The Morgan fingerprint density at radius 1 is 1.47 bits per heavy atom. The lowest BCUT2D eigenvalue weighted by Crippen LogP contribution is -2.14. The Kier molecular flexibility index (Phi) is 2.37. The summed E-state index contributed by atoms with van der Waals surface area (Å²) in [6.07, 6.45) is 4.40. The van der Waals surface area contributed by atoms with E-state index in [1.165, 1.54) is 12.8 Å². The number of para-hydroxylation sites is 1. The van der Waals surface area contributed by atoms with Crippen LogP contribution < -0.4 is 5.32 Å². The van der Waals surface area contributed by atoms with Gasteiger partial charge in [0, 0.05) is 24.2 Å². The molecule has 3 rings (SSSR count). The molecule has 4 nitrogen and oxygen atoms in total. The van der Waals surface area contributed by atoms with Crippen molar-refractivity contribution in [3.05, 3.63) is 35.5 Å². The van der Waals surface area contributed by atoms with E-state index < -0.39 is 5.97 Å². The molecule has 1 aliphatic rings. The van der Waals surface area contributed by atoms with Crippen LogP contribution in [0.5, 0.6) is 0 Å². The van der Waals surface area contributed by atoms with Crippen molar-refractivity contribution in [1.82, 2.24) is 10.3 Å². The number of aromatic amines is 1. The number of carboxylic acids is 1. The minimum atomic E-state index is -0.890. The number of aromatic nitrogens is 1. The van der Waals surface area contributed by atoms with Crippen LogP contribution in [0, 0.1) is 0 Å². The first-order valence-electron chi connectivity index (χ1n) is 5.81. The largest absolute Gasteiger partial charge is 0.478 e. The van der Waals surface area contributed by atoms with Gasteiger partial charge in [-0.15, -0.1) is 0 Å². The van der Waals surface area contributed by atoms with Gasteiger partial charge in [-0.3, -0.25) is 0 Å². The third-order valence-electron chi connectivity index (χ3n) is 3.19. The molecule has 0 atom stereocenters. The number of fused-ring (bicyclic) bond motifs is 1. The summed E-state index contributed by atoms with van der Waals surface area (Å²) in [5.41, 5.74) is 2.18. The number of rotatable bonds is 4. The average Bonchev–Trinajstić information content (AvgIpc) is 3.06. The van der Waals surface area contributed by atoms with Crippen molar-refractivity contribution in [2.24, 2.45) is 0 Å². The Hall–Kier alpha value is -1.81. The number of H-pyrrole nitrogens is 1. The summed E-state index contributed by atoms with van der Waals surface area (Å²) < 4.78 is 0. The number of carbonyl (C=O) groups is 1. The van der Waals surface area contributed by atoms with Crippen LogP contribution in [-0.2, 0) is 6.54 Å². The predicted octanol–water partition coefficient (Wildman–Crippen LogP) is 2.12. The first-order chi connectivity index (χ1) is 8.25. The minimum Gasteiger partial charge on any atom is -0.478 e. The Balaban J connectivity index is 1.96. The average molecular weight is 230 g/mol. The summed E-state index contributed by atoms with van der Waals surface area (Å²) in [6, 6.07) is 6.03. The van der Waals surface area contributed by atoms with Crippen LogP contribution in [0.3, 0.4) is 0 Å². The lowest BCUT2D eigenvalue weighted by molar-refractivity contribution is 0.0699. The molecule has 3 N–H and O–H groups in total. The molecule has 0 unspecified atom stereocenters. The summed E-state index contributed by atoms with van der Waals surface area (Å²) in [5, 5.41) is 13.5. The summed E-state index contributed by atoms with van der Waals surface area (Å²) in [7, 11) is 0. The summed E-state index contributed by atoms with van der Waals surface area (Å²) in [4.78, 5) is 14.1. The molecule has 0 amide bonds. The number of hydrogen-bond donors (Lipinski definition) is 3. The van der Waals surface area contributed by atoms with Gasteiger partial charge in [-0.05, 0) is 24.5 Å². The van der Waals surface area contributed by atoms with E-state index in [0.29, 0.717) is 17.1 Å². The highest BCUT2D eigenvalue weighted by Crippen LogP contribution is 2.24. The Bertz CT molecular complexity index is 570. The quantitative estimate of drug-likeness (QED) is 0.753. The topological polar surface area (TPSA) is 65.1 Å². The van der Waals surface area contributed by atoms with E-state index in [4.69, 9.17) is 5.11 Å². The second kappa shape index (κ2) is 3.89. The van der Waals surface area contributed by atoms with E-state index in [9.17, 15) is 4.79 Å². The standard InChI is InChI=1S/C13H14N2O2/c16-13(17)11-3-1-2-10-8(7-15-12(10)11)6-14-9-4-5-9/h1-3,7,9,14-15H,4-6H2,(H,16,17). The molecule has 88 valence electrons. The molecular weight excluding hydrogens is 216 g/mol. The molecule has 1 fully saturated rings. The molecule has 1 aromatic carbocycles. The fraction of sp³-hybridized carbons (Fsp3) is 0.308. The van der Waals surface area contributed by atoms with Gasteiger partial charge in [0.15, 0.2) is 0 Å². The van der Waals surface area contributed by atoms with E-state index in [1.54, 1.807) is 12.1 Å². The highest BCUT2D eigenvalue weighted by atomic mass is 16.4. The second-order valence-electron chi connectivity index (χ2n) is 4.50. The fourth-order valence-electron chi connectivity index (χ4n) is 2.08. The zero-order valence-corrected chi connectivity index (χ0v) is 9.36. The molecule has 0 aliphatic heterocycles. The van der Waals surface area contributed by atoms with Crippen molar-refractivity contribution < 1.29 is 9.90 Å². The fourth-order valence-corrected chi connectivity index (χ4v) is 2.08. The molecule has 0 saturated heterocycles.